The SMILES string of the molecule is C=C(/C(=C(\N=C/C)OC)c1nc(OCc2cnc(-c3nc(C(F)(F)F)cn3C)c(F)c2)cc(C2CC2)n1)C1CC1. The van der Waals surface area contributed by atoms with E-state index in [-0.39, 0.29) is 29.9 Å². The van der Waals surface area contributed by atoms with Crippen LogP contribution in [0.4, 0.5) is 17.6 Å². The number of nitrogens with zero attached hydrogens (tertiary/aromatic N) is 6. The number of allylic oxidation sites excluding steroid dienone is 2. The number of aryl methyl sites for hydroxylation is 1. The van der Waals surface area contributed by atoms with Gasteiger partial charge in [0.05, 0.1) is 18.4 Å². The van der Waals surface area contributed by atoms with Crippen LogP contribution in [0.3, 0.4) is 0 Å². The minimum Gasteiger partial charge on any atom is -0.480 e. The summed E-state index contributed by atoms with van der Waals surface area (Å²) in [6.07, 6.45) is 3.15. The summed E-state index contributed by atoms with van der Waals surface area (Å²) in [4.78, 5) is 21.3. The van der Waals surface area contributed by atoms with Crippen molar-refractivity contribution in [3.05, 3.63) is 71.2 Å². The second-order valence-electron chi connectivity index (χ2n) is 9.82. The van der Waals surface area contributed by atoms with Crippen molar-refractivity contribution in [3.63, 3.8) is 0 Å². The lowest BCUT2D eigenvalue weighted by molar-refractivity contribution is -0.140. The molecule has 2 saturated carbocycles. The molecule has 12 heteroatoms. The van der Waals surface area contributed by atoms with Gasteiger partial charge in [-0.3, -0.25) is 0 Å². The number of alkyl halides is 3. The Morgan fingerprint density at radius 3 is 2.50 bits per heavy atom. The molecular formula is C28H28F4N6O2. The summed E-state index contributed by atoms with van der Waals surface area (Å²) in [5.74, 6) is 0.592. The highest BCUT2D eigenvalue weighted by molar-refractivity contribution is 5.78. The zero-order valence-electron chi connectivity index (χ0n) is 22.3. The molecule has 5 rings (SSSR count). The zero-order valence-corrected chi connectivity index (χ0v) is 22.3. The lowest BCUT2D eigenvalue weighted by Crippen LogP contribution is -2.08. The van der Waals surface area contributed by atoms with Gasteiger partial charge >= 0.3 is 6.18 Å². The predicted octanol–water partition coefficient (Wildman–Crippen LogP) is 6.26. The van der Waals surface area contributed by atoms with Gasteiger partial charge in [0.25, 0.3) is 0 Å². The van der Waals surface area contributed by atoms with Gasteiger partial charge in [-0.1, -0.05) is 6.58 Å². The molecule has 3 aromatic heterocycles. The number of pyridine rings is 1. The fourth-order valence-corrected chi connectivity index (χ4v) is 4.27. The Morgan fingerprint density at radius 1 is 1.18 bits per heavy atom. The molecule has 210 valence electrons. The quantitative estimate of drug-likeness (QED) is 0.127. The molecule has 0 aromatic carbocycles. The van der Waals surface area contributed by atoms with Gasteiger partial charge in [0.2, 0.25) is 11.8 Å². The van der Waals surface area contributed by atoms with E-state index in [9.17, 15) is 17.6 Å². The number of aliphatic imine (C=N–C) groups is 1. The molecule has 0 radical (unpaired) electrons. The van der Waals surface area contributed by atoms with Gasteiger partial charge in [-0.2, -0.15) is 18.2 Å². The summed E-state index contributed by atoms with van der Waals surface area (Å²) in [6, 6.07) is 2.92. The van der Waals surface area contributed by atoms with Crippen LogP contribution in [0.5, 0.6) is 5.88 Å². The van der Waals surface area contributed by atoms with Gasteiger partial charge in [0, 0.05) is 43.2 Å². The molecule has 0 saturated heterocycles. The van der Waals surface area contributed by atoms with Crippen molar-refractivity contribution in [1.82, 2.24) is 24.5 Å². The van der Waals surface area contributed by atoms with Crippen molar-refractivity contribution in [2.24, 2.45) is 18.0 Å². The van der Waals surface area contributed by atoms with Crippen LogP contribution in [0.25, 0.3) is 17.1 Å². The molecule has 2 fully saturated rings. The Balaban J connectivity index is 1.42. The largest absolute Gasteiger partial charge is 0.480 e. The number of hydrogen-bond donors (Lipinski definition) is 0. The van der Waals surface area contributed by atoms with Gasteiger partial charge < -0.3 is 14.0 Å². The maximum atomic E-state index is 14.9. The average molecular weight is 557 g/mol. The van der Waals surface area contributed by atoms with Gasteiger partial charge in [-0.15, -0.1) is 0 Å². The lowest BCUT2D eigenvalue weighted by atomic mass is 10.0. The van der Waals surface area contributed by atoms with E-state index in [2.05, 4.69) is 26.5 Å². The third-order valence-corrected chi connectivity index (χ3v) is 6.65. The van der Waals surface area contributed by atoms with Crippen molar-refractivity contribution < 1.29 is 27.0 Å². The molecule has 0 atom stereocenters. The van der Waals surface area contributed by atoms with Gasteiger partial charge in [-0.05, 0) is 50.2 Å². The number of halogens is 4. The fourth-order valence-electron chi connectivity index (χ4n) is 4.27. The Labute approximate surface area is 228 Å². The normalized spacial score (nSPS) is 16.3. The maximum Gasteiger partial charge on any atom is 0.434 e. The van der Waals surface area contributed by atoms with Gasteiger partial charge in [0.1, 0.15) is 12.3 Å². The number of hydrogen-bond acceptors (Lipinski definition) is 7. The third-order valence-electron chi connectivity index (χ3n) is 6.65. The standard InChI is InChI=1S/C28H28F4N6O2/c1-5-33-27(39-4)23(15(2)17-6-7-17)25-35-20(18-8-9-18)11-22(37-25)40-14-16-10-19(29)24(34-12-16)26-36-21(13-38(26)3)28(30,31)32/h5,10-13,17-18H,2,6-9,14H2,1,3-4H3/b27-23-,33-5-. The first-order valence-corrected chi connectivity index (χ1v) is 12.8. The molecule has 0 N–H and O–H groups in total. The maximum absolute atomic E-state index is 14.9. The van der Waals surface area contributed by atoms with Crippen LogP contribution in [0.15, 0.2) is 47.6 Å². The van der Waals surface area contributed by atoms with Crippen LogP contribution in [-0.4, -0.2) is 37.8 Å². The molecule has 3 aromatic rings. The number of imidazole rings is 1. The van der Waals surface area contributed by atoms with Crippen molar-refractivity contribution >= 4 is 11.8 Å². The van der Waals surface area contributed by atoms with E-state index in [1.165, 1.54) is 20.4 Å². The monoisotopic (exact) mass is 556 g/mol. The van der Waals surface area contributed by atoms with Crippen molar-refractivity contribution in [2.45, 2.75) is 51.3 Å². The molecule has 0 amide bonds. The number of methoxy groups -OCH3 is 1. The number of rotatable bonds is 10. The summed E-state index contributed by atoms with van der Waals surface area (Å²) >= 11 is 0. The molecule has 0 aliphatic heterocycles. The van der Waals surface area contributed by atoms with Crippen molar-refractivity contribution in [3.8, 4) is 17.4 Å². The lowest BCUT2D eigenvalue weighted by Gasteiger charge is -2.15. The van der Waals surface area contributed by atoms with E-state index in [0.29, 0.717) is 28.8 Å². The molecule has 0 unspecified atom stereocenters. The second-order valence-corrected chi connectivity index (χ2v) is 9.82. The zero-order chi connectivity index (χ0) is 28.6. The number of ether oxygens (including phenoxy) is 2. The summed E-state index contributed by atoms with van der Waals surface area (Å²) in [5, 5.41) is 0. The van der Waals surface area contributed by atoms with E-state index in [4.69, 9.17) is 14.5 Å². The average Bonchev–Trinajstić information content (AvgIpc) is 3.84. The Bertz CT molecular complexity index is 1500. The van der Waals surface area contributed by atoms with Crippen LogP contribution in [0.1, 0.15) is 61.3 Å². The molecule has 8 nitrogen and oxygen atoms in total. The summed E-state index contributed by atoms with van der Waals surface area (Å²) < 4.78 is 66.6. The Kier molecular flexibility index (Phi) is 7.43. The van der Waals surface area contributed by atoms with Gasteiger partial charge in [-0.25, -0.2) is 24.3 Å². The predicted molar refractivity (Wildman–Crippen MR) is 140 cm³/mol. The smallest absolute Gasteiger partial charge is 0.434 e. The molecule has 2 aliphatic carbocycles. The highest BCUT2D eigenvalue weighted by Crippen LogP contribution is 2.45. The van der Waals surface area contributed by atoms with E-state index >= 15 is 0 Å². The molecular weight excluding hydrogens is 528 g/mol. The minimum atomic E-state index is -4.65. The first-order chi connectivity index (χ1) is 19.1. The minimum absolute atomic E-state index is 0.0774. The first kappa shape index (κ1) is 27.5. The highest BCUT2D eigenvalue weighted by Gasteiger charge is 2.35. The van der Waals surface area contributed by atoms with E-state index in [1.807, 2.05) is 0 Å². The van der Waals surface area contributed by atoms with E-state index < -0.39 is 17.7 Å². The Hall–Kier alpha value is -4.09. The van der Waals surface area contributed by atoms with Crippen LogP contribution < -0.4 is 4.74 Å². The van der Waals surface area contributed by atoms with Crippen LogP contribution >= 0.6 is 0 Å². The highest BCUT2D eigenvalue weighted by atomic mass is 19.4. The second kappa shape index (κ2) is 10.8. The van der Waals surface area contributed by atoms with Crippen LogP contribution in [0.2, 0.25) is 0 Å². The molecule has 0 spiro atoms. The molecule has 3 heterocycles. The fraction of sp³-hybridized carbons (Fsp3) is 0.393. The van der Waals surface area contributed by atoms with E-state index in [0.717, 1.165) is 53.8 Å². The van der Waals surface area contributed by atoms with Crippen molar-refractivity contribution in [1.29, 1.82) is 0 Å². The summed E-state index contributed by atoms with van der Waals surface area (Å²) in [5.41, 5.74) is 1.26. The first-order valence-electron chi connectivity index (χ1n) is 12.8. The topological polar surface area (TPSA) is 87.3 Å². The third kappa shape index (κ3) is 5.90. The van der Waals surface area contributed by atoms with Crippen LogP contribution in [0, 0.1) is 11.7 Å². The number of aromatic nitrogens is 5. The Morgan fingerprint density at radius 2 is 1.93 bits per heavy atom. The molecule has 40 heavy (non-hydrogen) atoms. The van der Waals surface area contributed by atoms with E-state index in [1.54, 1.807) is 19.2 Å². The molecule has 0 bridgehead atoms. The van der Waals surface area contributed by atoms with Crippen LogP contribution in [-0.2, 0) is 24.6 Å². The molecule has 2 aliphatic rings. The summed E-state index contributed by atoms with van der Waals surface area (Å²) in [7, 11) is 2.88. The van der Waals surface area contributed by atoms with Gasteiger partial charge in [0.15, 0.2) is 23.2 Å². The summed E-state index contributed by atoms with van der Waals surface area (Å²) in [6.45, 7) is 5.98. The van der Waals surface area contributed by atoms with Crippen molar-refractivity contribution in [2.75, 3.05) is 7.11 Å².